The molecule has 0 unspecified atom stereocenters. The minimum absolute atomic E-state index is 0.0168. The molecule has 3 fully saturated rings. The number of carbonyl (C=O) groups is 3. The zero-order valence-electron chi connectivity index (χ0n) is 43.0. The maximum absolute atomic E-state index is 12.8. The van der Waals surface area contributed by atoms with E-state index in [0.29, 0.717) is 6.04 Å². The van der Waals surface area contributed by atoms with E-state index in [0.717, 1.165) is 0 Å². The molecule has 0 aliphatic carbocycles. The van der Waals surface area contributed by atoms with Crippen LogP contribution in [0.2, 0.25) is 25.7 Å². The summed E-state index contributed by atoms with van der Waals surface area (Å²) in [6, 6.07) is -1.23. The van der Waals surface area contributed by atoms with Gasteiger partial charge < -0.3 is 84.6 Å². The van der Waals surface area contributed by atoms with Crippen molar-refractivity contribution in [2.75, 3.05) is 20.3 Å². The summed E-state index contributed by atoms with van der Waals surface area (Å²) in [6.45, 7) is 9.76. The van der Waals surface area contributed by atoms with Crippen molar-refractivity contribution in [3.8, 4) is 0 Å². The van der Waals surface area contributed by atoms with Crippen LogP contribution in [0.25, 0.3) is 0 Å². The lowest BCUT2D eigenvalue weighted by molar-refractivity contribution is -0.304. The van der Waals surface area contributed by atoms with Crippen LogP contribution in [0.5, 0.6) is 0 Å². The maximum Gasteiger partial charge on any atom is 0.407 e. The number of aliphatic hydroxyl groups excluding tert-OH is 8. The molecule has 2 amide bonds. The van der Waals surface area contributed by atoms with E-state index >= 15 is 0 Å². The fourth-order valence-electron chi connectivity index (χ4n) is 8.74. The van der Waals surface area contributed by atoms with Gasteiger partial charge in [0.15, 0.2) is 12.1 Å². The van der Waals surface area contributed by atoms with Gasteiger partial charge in [-0.1, -0.05) is 112 Å². The number of nitrogens with one attached hydrogen (secondary N) is 2. The second-order valence-electron chi connectivity index (χ2n) is 20.6. The predicted octanol–water partition coefficient (Wildman–Crippen LogP) is 3.25. The second kappa shape index (κ2) is 30.5. The van der Waals surface area contributed by atoms with Crippen LogP contribution in [0.15, 0.2) is 85.1 Å². The number of fused-ring (bicyclic) bond motifs is 4. The van der Waals surface area contributed by atoms with Crippen molar-refractivity contribution in [1.29, 1.82) is 0 Å². The number of allylic oxidation sites excluding steroid dienone is 12. The molecule has 4 heterocycles. The van der Waals surface area contributed by atoms with Crippen molar-refractivity contribution in [1.82, 2.24) is 10.6 Å². The Morgan fingerprint density at radius 2 is 1.36 bits per heavy atom. The SMILES string of the molecule is CO[C@]12C[C@@H](O)C[C@@H](O)[C@H](O)CC[C@@H](O)C[C@@H](O)CC(=O)O[C@@H](C)C[C@H](O)[C@@H](C)/C=C/C=C/C=C/C=C/C=C/C=C/C=C/[C@H](O[C@@H]3OC[C@@H](O)[C@H](NC(=O)OCC[Si](C)(C)C)[C@@H]3O)C[C@H](O1)[C@@H]1NC(=O)O[C@H]1C2. The summed E-state index contributed by atoms with van der Waals surface area (Å²) in [5.74, 6) is -2.55. The zero-order chi connectivity index (χ0) is 53.7. The number of aliphatic hydroxyl groups is 8. The van der Waals surface area contributed by atoms with Crippen molar-refractivity contribution in [2.45, 2.75) is 195 Å². The average Bonchev–Trinajstić information content (AvgIpc) is 3.68. The molecule has 4 rings (SSSR count). The minimum atomic E-state index is -1.59. The lowest BCUT2D eigenvalue weighted by atomic mass is 9.87. The van der Waals surface area contributed by atoms with Gasteiger partial charge in [-0.2, -0.15) is 0 Å². The molecule has 0 aromatic carbocycles. The topological polar surface area (TPSA) is 302 Å². The van der Waals surface area contributed by atoms with Gasteiger partial charge in [-0.3, -0.25) is 4.79 Å². The van der Waals surface area contributed by atoms with Crippen LogP contribution in [-0.2, 0) is 38.0 Å². The molecule has 0 radical (unpaired) electrons. The number of hydrogen-bond acceptors (Lipinski definition) is 18. The number of amides is 2. The molecule has 21 heteroatoms. The highest BCUT2D eigenvalue weighted by molar-refractivity contribution is 6.76. The highest BCUT2D eigenvalue weighted by Gasteiger charge is 2.54. The molecule has 10 N–H and O–H groups in total. The Labute approximate surface area is 430 Å². The molecule has 3 saturated heterocycles. The van der Waals surface area contributed by atoms with Crippen molar-refractivity contribution >= 4 is 26.2 Å². The van der Waals surface area contributed by atoms with Crippen LogP contribution in [0, 0.1) is 5.92 Å². The van der Waals surface area contributed by atoms with Crippen LogP contribution in [0.1, 0.15) is 71.6 Å². The molecule has 0 aromatic heterocycles. The Kier molecular flexibility index (Phi) is 25.7. The van der Waals surface area contributed by atoms with Gasteiger partial charge in [0.1, 0.15) is 24.4 Å². The van der Waals surface area contributed by atoms with E-state index in [1.165, 1.54) is 7.11 Å². The molecule has 20 nitrogen and oxygen atoms in total. The van der Waals surface area contributed by atoms with E-state index < -0.39 is 130 Å². The fraction of sp³-hybridized carbons (Fsp3) is 0.673. The molecule has 2 bridgehead atoms. The van der Waals surface area contributed by atoms with Crippen LogP contribution in [0.4, 0.5) is 9.59 Å². The molecule has 0 spiro atoms. The van der Waals surface area contributed by atoms with Crippen LogP contribution in [-0.4, -0.2) is 185 Å². The van der Waals surface area contributed by atoms with Crippen molar-refractivity contribution in [2.24, 2.45) is 5.92 Å². The largest absolute Gasteiger partial charge is 0.462 e. The van der Waals surface area contributed by atoms with E-state index in [1.54, 1.807) is 43.4 Å². The lowest BCUT2D eigenvalue weighted by Gasteiger charge is -2.46. The minimum Gasteiger partial charge on any atom is -0.462 e. The first kappa shape index (κ1) is 61.5. The van der Waals surface area contributed by atoms with Gasteiger partial charge in [-0.25, -0.2) is 9.59 Å². The van der Waals surface area contributed by atoms with Crippen LogP contribution < -0.4 is 10.6 Å². The monoisotopic (exact) mass is 1050 g/mol. The fourth-order valence-corrected chi connectivity index (χ4v) is 9.45. The third-order valence-electron chi connectivity index (χ3n) is 13.0. The second-order valence-corrected chi connectivity index (χ2v) is 26.2. The third-order valence-corrected chi connectivity index (χ3v) is 14.7. The van der Waals surface area contributed by atoms with E-state index in [-0.39, 0.29) is 70.5 Å². The molecule has 17 atom stereocenters. The number of hydrogen-bond donors (Lipinski definition) is 10. The normalized spacial score (nSPS) is 40.5. The first-order chi connectivity index (χ1) is 34.6. The van der Waals surface area contributed by atoms with Gasteiger partial charge in [0, 0.05) is 53.2 Å². The Bertz CT molecular complexity index is 1920. The van der Waals surface area contributed by atoms with Gasteiger partial charge in [0.2, 0.25) is 0 Å². The van der Waals surface area contributed by atoms with Gasteiger partial charge >= 0.3 is 18.2 Å². The standard InChI is InChI=1S/C52H82N2O18Si/c1-33-19-17-15-13-11-9-7-8-10-12-14-16-18-20-38(70-49-48(63)46(42(61)32-68-49)53-50(64)67-23-24-73(4,5)6)29-43-47-44(71-51(65)54-47)31-52(66-3,72-43)30-37(57)27-41(60)39(58)22-21-35(55)26-36(56)28-45(62)69-34(2)25-40(33)59/h7-20,33-44,46-49,55-61,63H,21-32H2,1-6H3,(H,53,64)(H,54,65)/b8-7+,11-9+,12-10+,15-13+,16-14+,19-17+,20-18+/t33-,34-,35+,36+,37-,38-,39+,40-,41+,42+,43-,44-,46-,47-,48-,49-,52+/m0/s1. The first-order valence-electron chi connectivity index (χ1n) is 25.3. The molecule has 4 aliphatic heterocycles. The number of alkyl carbamates (subject to hydrolysis) is 2. The number of esters is 1. The number of rotatable bonds is 7. The van der Waals surface area contributed by atoms with Gasteiger partial charge in [0.05, 0.1) is 80.5 Å². The quantitative estimate of drug-likeness (QED) is 0.0994. The number of cyclic esters (lactones) is 1. The molecule has 0 saturated carbocycles. The highest BCUT2D eigenvalue weighted by Crippen LogP contribution is 2.40. The van der Waals surface area contributed by atoms with Crippen molar-refractivity contribution in [3.63, 3.8) is 0 Å². The van der Waals surface area contributed by atoms with Gasteiger partial charge in [-0.05, 0) is 32.2 Å². The van der Waals surface area contributed by atoms with Crippen LogP contribution in [0.3, 0.4) is 0 Å². The molecular weight excluding hydrogens is 969 g/mol. The summed E-state index contributed by atoms with van der Waals surface area (Å²) in [5, 5.41) is 92.6. The predicted molar refractivity (Wildman–Crippen MR) is 271 cm³/mol. The van der Waals surface area contributed by atoms with Crippen molar-refractivity contribution in [3.05, 3.63) is 85.1 Å². The Morgan fingerprint density at radius 1 is 0.726 bits per heavy atom. The number of ether oxygens (including phenoxy) is 7. The van der Waals surface area contributed by atoms with E-state index in [1.807, 2.05) is 55.5 Å². The summed E-state index contributed by atoms with van der Waals surface area (Å²) < 4.78 is 41.0. The van der Waals surface area contributed by atoms with Crippen LogP contribution >= 0.6 is 0 Å². The van der Waals surface area contributed by atoms with E-state index in [4.69, 9.17) is 33.2 Å². The first-order valence-corrected chi connectivity index (χ1v) is 29.0. The number of methoxy groups -OCH3 is 1. The summed E-state index contributed by atoms with van der Waals surface area (Å²) in [4.78, 5) is 38.1. The molecular formula is C52H82N2O18Si. The molecule has 412 valence electrons. The van der Waals surface area contributed by atoms with Gasteiger partial charge in [-0.15, -0.1) is 0 Å². The molecule has 4 aliphatic rings. The highest BCUT2D eigenvalue weighted by atomic mass is 28.3. The summed E-state index contributed by atoms with van der Waals surface area (Å²) >= 11 is 0. The number of carbonyl (C=O) groups excluding carboxylic acids is 3. The third kappa shape index (κ3) is 22.0. The van der Waals surface area contributed by atoms with Crippen molar-refractivity contribution < 1.29 is 88.4 Å². The average molecular weight is 1050 g/mol. The van der Waals surface area contributed by atoms with E-state index in [2.05, 4.69) is 30.3 Å². The van der Waals surface area contributed by atoms with Gasteiger partial charge in [0.25, 0.3) is 0 Å². The summed E-state index contributed by atoms with van der Waals surface area (Å²) in [6.07, 6.45) is 7.31. The zero-order valence-corrected chi connectivity index (χ0v) is 44.0. The van der Waals surface area contributed by atoms with E-state index in [9.17, 15) is 55.2 Å². The molecule has 0 aromatic rings. The summed E-state index contributed by atoms with van der Waals surface area (Å²) in [5.41, 5.74) is 0. The lowest BCUT2D eigenvalue weighted by Crippen LogP contribution is -2.62. The smallest absolute Gasteiger partial charge is 0.407 e. The summed E-state index contributed by atoms with van der Waals surface area (Å²) in [7, 11) is -0.166. The Morgan fingerprint density at radius 3 is 1.99 bits per heavy atom. The Hall–Kier alpha value is -4.07. The maximum atomic E-state index is 12.8. The molecule has 73 heavy (non-hydrogen) atoms. The Balaban J connectivity index is 1.56.